The summed E-state index contributed by atoms with van der Waals surface area (Å²) in [7, 11) is 1.83. The molecule has 2 fully saturated rings. The molecule has 1 aliphatic heterocycles. The molecular formula is C16H32N2O. The van der Waals surface area contributed by atoms with Crippen molar-refractivity contribution in [3.05, 3.63) is 0 Å². The van der Waals surface area contributed by atoms with Crippen LogP contribution in [0.25, 0.3) is 0 Å². The van der Waals surface area contributed by atoms with E-state index >= 15 is 0 Å². The number of hydrogen-bond donors (Lipinski definition) is 1. The maximum atomic E-state index is 5.42. The number of hydrogen-bond acceptors (Lipinski definition) is 3. The summed E-state index contributed by atoms with van der Waals surface area (Å²) >= 11 is 0. The summed E-state index contributed by atoms with van der Waals surface area (Å²) in [6, 6.07) is 0.565. The molecular weight excluding hydrogens is 236 g/mol. The average molecular weight is 268 g/mol. The summed E-state index contributed by atoms with van der Waals surface area (Å²) in [5, 5.41) is 3.56. The van der Waals surface area contributed by atoms with Gasteiger partial charge in [0.2, 0.25) is 0 Å². The minimum atomic E-state index is 0.565. The molecule has 1 heterocycles. The Morgan fingerprint density at radius 1 is 1.16 bits per heavy atom. The van der Waals surface area contributed by atoms with Gasteiger partial charge in [-0.25, -0.2) is 0 Å². The Morgan fingerprint density at radius 2 is 1.84 bits per heavy atom. The number of piperidine rings is 1. The fourth-order valence-corrected chi connectivity index (χ4v) is 3.92. The van der Waals surface area contributed by atoms with Crippen LogP contribution in [0.4, 0.5) is 0 Å². The van der Waals surface area contributed by atoms with E-state index in [1.54, 1.807) is 0 Å². The molecule has 2 rings (SSSR count). The van der Waals surface area contributed by atoms with Crippen LogP contribution in [0, 0.1) is 5.41 Å². The van der Waals surface area contributed by atoms with Crippen molar-refractivity contribution in [2.24, 2.45) is 5.41 Å². The van der Waals surface area contributed by atoms with Gasteiger partial charge in [-0.15, -0.1) is 0 Å². The Hall–Kier alpha value is -0.120. The zero-order valence-electron chi connectivity index (χ0n) is 12.9. The van der Waals surface area contributed by atoms with Gasteiger partial charge in [-0.3, -0.25) is 4.90 Å². The lowest BCUT2D eigenvalue weighted by Gasteiger charge is -2.42. The molecule has 0 radical (unpaired) electrons. The van der Waals surface area contributed by atoms with E-state index in [2.05, 4.69) is 17.1 Å². The fourth-order valence-electron chi connectivity index (χ4n) is 3.92. The van der Waals surface area contributed by atoms with Crippen LogP contribution in [-0.2, 0) is 4.74 Å². The molecule has 0 aromatic heterocycles. The number of ether oxygens (including phenoxy) is 1. The van der Waals surface area contributed by atoms with E-state index < -0.39 is 0 Å². The number of likely N-dealkylation sites (tertiary alicyclic amines) is 1. The minimum Gasteiger partial charge on any atom is -0.383 e. The van der Waals surface area contributed by atoms with E-state index in [4.69, 9.17) is 4.74 Å². The van der Waals surface area contributed by atoms with Crippen LogP contribution in [-0.4, -0.2) is 50.8 Å². The van der Waals surface area contributed by atoms with E-state index in [1.165, 1.54) is 58.0 Å². The molecule has 0 amide bonds. The minimum absolute atomic E-state index is 0.565. The molecule has 1 aliphatic carbocycles. The first-order valence-corrected chi connectivity index (χ1v) is 8.23. The van der Waals surface area contributed by atoms with Crippen molar-refractivity contribution in [2.75, 3.05) is 39.9 Å². The van der Waals surface area contributed by atoms with Crippen molar-refractivity contribution in [2.45, 2.75) is 57.9 Å². The second-order valence-corrected chi connectivity index (χ2v) is 6.56. The third kappa shape index (κ3) is 4.17. The maximum Gasteiger partial charge on any atom is 0.0630 e. The third-order valence-corrected chi connectivity index (χ3v) is 5.21. The average Bonchev–Trinajstić information content (AvgIpc) is 2.88. The molecule has 0 aromatic rings. The van der Waals surface area contributed by atoms with E-state index in [9.17, 15) is 0 Å². The summed E-state index contributed by atoms with van der Waals surface area (Å²) in [6.45, 7) is 7.85. The van der Waals surface area contributed by atoms with Crippen molar-refractivity contribution in [3.8, 4) is 0 Å². The molecule has 1 unspecified atom stereocenters. The lowest BCUT2D eigenvalue weighted by molar-refractivity contribution is 0.0375. The standard InChI is InChI=1S/C16H32N2O/c1-3-10-17-13-15(14-19-2)18-11-8-16(9-12-18)6-4-5-7-16/h15,17H,3-14H2,1-2H3. The van der Waals surface area contributed by atoms with Gasteiger partial charge in [0.25, 0.3) is 0 Å². The van der Waals surface area contributed by atoms with Gasteiger partial charge in [0.15, 0.2) is 0 Å². The van der Waals surface area contributed by atoms with Crippen molar-refractivity contribution >= 4 is 0 Å². The third-order valence-electron chi connectivity index (χ3n) is 5.21. The predicted molar refractivity (Wildman–Crippen MR) is 80.5 cm³/mol. The van der Waals surface area contributed by atoms with Crippen LogP contribution in [0.2, 0.25) is 0 Å². The Kier molecular flexibility index (Phi) is 6.11. The van der Waals surface area contributed by atoms with Gasteiger partial charge < -0.3 is 10.1 Å². The van der Waals surface area contributed by atoms with E-state index in [1.807, 2.05) is 7.11 Å². The van der Waals surface area contributed by atoms with Gasteiger partial charge in [0.1, 0.15) is 0 Å². The monoisotopic (exact) mass is 268 g/mol. The highest BCUT2D eigenvalue weighted by atomic mass is 16.5. The van der Waals surface area contributed by atoms with Gasteiger partial charge in [0, 0.05) is 19.7 Å². The molecule has 0 aromatic carbocycles. The molecule has 3 nitrogen and oxygen atoms in total. The molecule has 2 aliphatic rings. The zero-order valence-corrected chi connectivity index (χ0v) is 12.9. The van der Waals surface area contributed by atoms with E-state index in [0.29, 0.717) is 6.04 Å². The highest BCUT2D eigenvalue weighted by Gasteiger charge is 2.38. The lowest BCUT2D eigenvalue weighted by Crippen LogP contribution is -2.50. The number of methoxy groups -OCH3 is 1. The molecule has 112 valence electrons. The molecule has 1 N–H and O–H groups in total. The molecule has 3 heteroatoms. The number of nitrogens with zero attached hydrogens (tertiary/aromatic N) is 1. The molecule has 1 saturated carbocycles. The normalized spacial score (nSPS) is 24.9. The fraction of sp³-hybridized carbons (Fsp3) is 1.00. The summed E-state index contributed by atoms with van der Waals surface area (Å²) in [4.78, 5) is 2.66. The SMILES string of the molecule is CCCNCC(COC)N1CCC2(CCCC2)CC1. The Morgan fingerprint density at radius 3 is 2.42 bits per heavy atom. The topological polar surface area (TPSA) is 24.5 Å². The van der Waals surface area contributed by atoms with E-state index in [0.717, 1.165) is 25.1 Å². The van der Waals surface area contributed by atoms with E-state index in [-0.39, 0.29) is 0 Å². The quantitative estimate of drug-likeness (QED) is 0.718. The van der Waals surface area contributed by atoms with Gasteiger partial charge in [0.05, 0.1) is 6.61 Å². The molecule has 19 heavy (non-hydrogen) atoms. The van der Waals surface area contributed by atoms with Gasteiger partial charge in [-0.05, 0) is 57.2 Å². The lowest BCUT2D eigenvalue weighted by atomic mass is 9.77. The molecule has 1 spiro atoms. The number of nitrogens with one attached hydrogen (secondary N) is 1. The van der Waals surface area contributed by atoms with Crippen LogP contribution >= 0.6 is 0 Å². The van der Waals surface area contributed by atoms with Gasteiger partial charge in [-0.1, -0.05) is 19.8 Å². The first-order chi connectivity index (χ1) is 9.29. The largest absolute Gasteiger partial charge is 0.383 e. The van der Waals surface area contributed by atoms with Crippen LogP contribution in [0.1, 0.15) is 51.9 Å². The van der Waals surface area contributed by atoms with Crippen molar-refractivity contribution < 1.29 is 4.74 Å². The Bertz CT molecular complexity index is 241. The van der Waals surface area contributed by atoms with Crippen LogP contribution < -0.4 is 5.32 Å². The van der Waals surface area contributed by atoms with Crippen LogP contribution in [0.15, 0.2) is 0 Å². The highest BCUT2D eigenvalue weighted by molar-refractivity contribution is 4.91. The summed E-state index contributed by atoms with van der Waals surface area (Å²) in [5.74, 6) is 0. The molecule has 1 atom stereocenters. The van der Waals surface area contributed by atoms with Gasteiger partial charge in [-0.2, -0.15) is 0 Å². The number of rotatable bonds is 7. The second-order valence-electron chi connectivity index (χ2n) is 6.56. The van der Waals surface area contributed by atoms with Crippen LogP contribution in [0.5, 0.6) is 0 Å². The summed E-state index contributed by atoms with van der Waals surface area (Å²) in [6.07, 6.45) is 9.97. The molecule has 0 bridgehead atoms. The van der Waals surface area contributed by atoms with Crippen molar-refractivity contribution in [3.63, 3.8) is 0 Å². The van der Waals surface area contributed by atoms with Crippen molar-refractivity contribution in [1.29, 1.82) is 0 Å². The second kappa shape index (κ2) is 7.61. The molecule has 1 saturated heterocycles. The van der Waals surface area contributed by atoms with Crippen LogP contribution in [0.3, 0.4) is 0 Å². The first kappa shape index (κ1) is 15.3. The highest BCUT2D eigenvalue weighted by Crippen LogP contribution is 2.46. The predicted octanol–water partition coefficient (Wildman–Crippen LogP) is 2.66. The summed E-state index contributed by atoms with van der Waals surface area (Å²) < 4.78 is 5.42. The Balaban J connectivity index is 1.78. The van der Waals surface area contributed by atoms with Crippen molar-refractivity contribution in [1.82, 2.24) is 10.2 Å². The summed E-state index contributed by atoms with van der Waals surface area (Å²) in [5.41, 5.74) is 0.727. The maximum absolute atomic E-state index is 5.42. The smallest absolute Gasteiger partial charge is 0.0630 e. The first-order valence-electron chi connectivity index (χ1n) is 8.23. The van der Waals surface area contributed by atoms with Gasteiger partial charge >= 0.3 is 0 Å². The zero-order chi connectivity index (χ0) is 13.6. The Labute approximate surface area is 119 Å².